The lowest BCUT2D eigenvalue weighted by Gasteiger charge is -2.08. The molecule has 0 radical (unpaired) electrons. The van der Waals surface area contributed by atoms with Crippen LogP contribution in [0, 0.1) is 0 Å². The van der Waals surface area contributed by atoms with Crippen molar-refractivity contribution in [2.45, 2.75) is 11.1 Å². The number of carbonyl (C=O) groups is 1. The summed E-state index contributed by atoms with van der Waals surface area (Å²) < 4.78 is 58.1. The number of sulfonamides is 1. The second kappa shape index (κ2) is 8.03. The van der Waals surface area contributed by atoms with Crippen LogP contribution < -0.4 is 10.3 Å². The summed E-state index contributed by atoms with van der Waals surface area (Å²) in [5.41, 5.74) is -0.0507. The molecule has 3 N–H and O–H groups in total. The van der Waals surface area contributed by atoms with Gasteiger partial charge in [0, 0.05) is 12.3 Å². The molecule has 1 aromatic heterocycles. The number of aliphatic carboxylic acids is 1. The maximum atomic E-state index is 12.0. The van der Waals surface area contributed by atoms with Gasteiger partial charge in [0.25, 0.3) is 10.0 Å². The van der Waals surface area contributed by atoms with Crippen molar-refractivity contribution < 1.29 is 31.5 Å². The van der Waals surface area contributed by atoms with Crippen molar-refractivity contribution in [2.75, 3.05) is 4.72 Å². The largest absolute Gasteiger partial charge is 0.490 e. The van der Waals surface area contributed by atoms with E-state index in [1.807, 2.05) is 0 Å². The van der Waals surface area contributed by atoms with Gasteiger partial charge < -0.3 is 10.1 Å². The number of rotatable bonds is 3. The third-order valence-electron chi connectivity index (χ3n) is 2.41. The van der Waals surface area contributed by atoms with Crippen molar-refractivity contribution in [1.29, 1.82) is 0 Å². The molecule has 1 heterocycles. The molecule has 0 spiro atoms. The van der Waals surface area contributed by atoms with Gasteiger partial charge in [-0.15, -0.1) is 0 Å². The average Bonchev–Trinajstić information content (AvgIpc) is 2.49. The van der Waals surface area contributed by atoms with Crippen molar-refractivity contribution in [3.05, 3.63) is 58.0 Å². The SMILES string of the molecule is O=C(O)C(F)(F)F.O=c1ccc(NS(=O)(=O)c2ccccc2Cl)c[nH]1. The third-order valence-corrected chi connectivity index (χ3v) is 4.29. The van der Waals surface area contributed by atoms with E-state index in [0.29, 0.717) is 0 Å². The van der Waals surface area contributed by atoms with Gasteiger partial charge in [0.05, 0.1) is 10.7 Å². The number of aromatic amines is 1. The summed E-state index contributed by atoms with van der Waals surface area (Å²) in [5, 5.41) is 7.26. The van der Waals surface area contributed by atoms with Gasteiger partial charge in [-0.2, -0.15) is 13.2 Å². The monoisotopic (exact) mass is 398 g/mol. The lowest BCUT2D eigenvalue weighted by molar-refractivity contribution is -0.192. The molecule has 12 heteroatoms. The number of alkyl halides is 3. The molecule has 0 bridgehead atoms. The van der Waals surface area contributed by atoms with E-state index in [0.717, 1.165) is 0 Å². The van der Waals surface area contributed by atoms with Gasteiger partial charge in [0.15, 0.2) is 0 Å². The molecular formula is C13H10ClF3N2O5S. The quantitative estimate of drug-likeness (QED) is 0.734. The number of H-pyrrole nitrogens is 1. The summed E-state index contributed by atoms with van der Waals surface area (Å²) in [4.78, 5) is 22.1. The molecule has 2 aromatic rings. The first-order valence-electron chi connectivity index (χ1n) is 6.19. The first-order valence-corrected chi connectivity index (χ1v) is 8.06. The Kier molecular flexibility index (Phi) is 6.59. The van der Waals surface area contributed by atoms with E-state index in [-0.39, 0.29) is 21.2 Å². The smallest absolute Gasteiger partial charge is 0.475 e. The molecule has 0 aliphatic rings. The van der Waals surface area contributed by atoms with Crippen LogP contribution in [0.2, 0.25) is 5.02 Å². The zero-order chi connectivity index (χ0) is 19.3. The Bertz CT molecular complexity index is 892. The maximum Gasteiger partial charge on any atom is 0.490 e. The van der Waals surface area contributed by atoms with E-state index in [4.69, 9.17) is 21.5 Å². The van der Waals surface area contributed by atoms with Crippen LogP contribution in [-0.4, -0.2) is 30.7 Å². The predicted molar refractivity (Wildman–Crippen MR) is 83.0 cm³/mol. The molecule has 1 aromatic carbocycles. The van der Waals surface area contributed by atoms with Gasteiger partial charge in [-0.05, 0) is 18.2 Å². The lowest BCUT2D eigenvalue weighted by Crippen LogP contribution is -2.21. The summed E-state index contributed by atoms with van der Waals surface area (Å²) in [6, 6.07) is 8.70. The number of hydrogen-bond acceptors (Lipinski definition) is 4. The van der Waals surface area contributed by atoms with E-state index in [1.54, 1.807) is 12.1 Å². The van der Waals surface area contributed by atoms with Crippen LogP contribution >= 0.6 is 11.6 Å². The highest BCUT2D eigenvalue weighted by atomic mass is 35.5. The molecule has 0 aliphatic carbocycles. The lowest BCUT2D eigenvalue weighted by atomic mass is 10.4. The molecule has 0 atom stereocenters. The van der Waals surface area contributed by atoms with Gasteiger partial charge in [0.1, 0.15) is 4.90 Å². The molecule has 0 saturated heterocycles. The van der Waals surface area contributed by atoms with Crippen molar-refractivity contribution in [1.82, 2.24) is 4.98 Å². The highest BCUT2D eigenvalue weighted by molar-refractivity contribution is 7.92. The molecule has 0 amide bonds. The van der Waals surface area contributed by atoms with Crippen LogP contribution in [0.5, 0.6) is 0 Å². The summed E-state index contributed by atoms with van der Waals surface area (Å²) in [6.07, 6.45) is -3.81. The van der Waals surface area contributed by atoms with Gasteiger partial charge in [0.2, 0.25) is 5.56 Å². The maximum absolute atomic E-state index is 12.0. The second-order valence-corrected chi connectivity index (χ2v) is 6.34. The van der Waals surface area contributed by atoms with Gasteiger partial charge >= 0.3 is 12.1 Å². The van der Waals surface area contributed by atoms with E-state index < -0.39 is 22.2 Å². The Morgan fingerprint density at radius 2 is 1.72 bits per heavy atom. The minimum atomic E-state index is -5.08. The van der Waals surface area contributed by atoms with Crippen LogP contribution in [0.3, 0.4) is 0 Å². The molecule has 136 valence electrons. The van der Waals surface area contributed by atoms with Gasteiger partial charge in [-0.25, -0.2) is 13.2 Å². The Balaban J connectivity index is 0.000000381. The van der Waals surface area contributed by atoms with Gasteiger partial charge in [-0.1, -0.05) is 23.7 Å². The molecule has 0 unspecified atom stereocenters. The standard InChI is InChI=1S/C11H9ClN2O3S.C2HF3O2/c12-9-3-1-2-4-10(9)18(16,17)14-8-5-6-11(15)13-7-8;3-2(4,5)1(6)7/h1-7,14H,(H,13,15);(H,6,7). The Morgan fingerprint density at radius 1 is 1.16 bits per heavy atom. The van der Waals surface area contributed by atoms with Crippen LogP contribution in [0.15, 0.2) is 52.3 Å². The highest BCUT2D eigenvalue weighted by Gasteiger charge is 2.38. The number of pyridine rings is 1. The number of anilines is 1. The Labute approximate surface area is 144 Å². The van der Waals surface area contributed by atoms with Crippen LogP contribution in [-0.2, 0) is 14.8 Å². The van der Waals surface area contributed by atoms with Crippen LogP contribution in [0.4, 0.5) is 18.9 Å². The zero-order valence-electron chi connectivity index (χ0n) is 12.0. The Hall–Kier alpha value is -2.53. The molecular weight excluding hydrogens is 389 g/mol. The number of nitrogens with one attached hydrogen (secondary N) is 2. The number of aromatic nitrogens is 1. The highest BCUT2D eigenvalue weighted by Crippen LogP contribution is 2.22. The fraction of sp³-hybridized carbons (Fsp3) is 0.0769. The van der Waals surface area contributed by atoms with E-state index >= 15 is 0 Å². The number of halogens is 4. The van der Waals surface area contributed by atoms with Gasteiger partial charge in [-0.3, -0.25) is 9.52 Å². The topological polar surface area (TPSA) is 116 Å². The van der Waals surface area contributed by atoms with Crippen molar-refractivity contribution >= 4 is 33.3 Å². The number of carboxylic acids is 1. The van der Waals surface area contributed by atoms with E-state index in [2.05, 4.69) is 9.71 Å². The molecule has 25 heavy (non-hydrogen) atoms. The molecule has 0 fully saturated rings. The van der Waals surface area contributed by atoms with Crippen molar-refractivity contribution in [3.8, 4) is 0 Å². The summed E-state index contributed by atoms with van der Waals surface area (Å²) in [6.45, 7) is 0. The molecule has 2 rings (SSSR count). The normalized spacial score (nSPS) is 11.2. The zero-order valence-corrected chi connectivity index (χ0v) is 13.6. The molecule has 0 aliphatic heterocycles. The first-order chi connectivity index (χ1) is 11.4. The number of benzene rings is 1. The van der Waals surface area contributed by atoms with Crippen LogP contribution in [0.1, 0.15) is 0 Å². The number of carboxylic acid groups (broad SMARTS) is 1. The summed E-state index contributed by atoms with van der Waals surface area (Å²) in [7, 11) is -3.76. The summed E-state index contributed by atoms with van der Waals surface area (Å²) >= 11 is 5.82. The molecule has 0 saturated carbocycles. The third kappa shape index (κ3) is 6.47. The van der Waals surface area contributed by atoms with Crippen LogP contribution in [0.25, 0.3) is 0 Å². The fourth-order valence-electron chi connectivity index (χ4n) is 1.35. The predicted octanol–water partition coefficient (Wildman–Crippen LogP) is 2.46. The first kappa shape index (κ1) is 20.5. The minimum absolute atomic E-state index is 0.0159. The second-order valence-electron chi connectivity index (χ2n) is 4.28. The van der Waals surface area contributed by atoms with Crippen molar-refractivity contribution in [2.24, 2.45) is 0 Å². The van der Waals surface area contributed by atoms with Crippen molar-refractivity contribution in [3.63, 3.8) is 0 Å². The minimum Gasteiger partial charge on any atom is -0.475 e. The average molecular weight is 399 g/mol. The Morgan fingerprint density at radius 3 is 2.16 bits per heavy atom. The van der Waals surface area contributed by atoms with E-state index in [1.165, 1.54) is 30.5 Å². The number of hydrogen-bond donors (Lipinski definition) is 3. The molecule has 7 nitrogen and oxygen atoms in total. The van der Waals surface area contributed by atoms with E-state index in [9.17, 15) is 26.4 Å². The fourth-order valence-corrected chi connectivity index (χ4v) is 2.92. The summed E-state index contributed by atoms with van der Waals surface area (Å²) in [5.74, 6) is -2.76.